The van der Waals surface area contributed by atoms with Gasteiger partial charge in [0.25, 0.3) is 0 Å². The first-order valence-corrected chi connectivity index (χ1v) is 6.21. The predicted octanol–water partition coefficient (Wildman–Crippen LogP) is 2.03. The van der Waals surface area contributed by atoms with Crippen LogP contribution in [0.25, 0.3) is 0 Å². The number of aromatic nitrogens is 3. The highest BCUT2D eigenvalue weighted by Gasteiger charge is 2.17. The van der Waals surface area contributed by atoms with Gasteiger partial charge in [-0.05, 0) is 18.5 Å². The zero-order chi connectivity index (χ0) is 11.5. The second kappa shape index (κ2) is 4.95. The van der Waals surface area contributed by atoms with Crippen molar-refractivity contribution in [1.29, 1.82) is 0 Å². The third-order valence-electron chi connectivity index (χ3n) is 2.50. The Hall–Kier alpha value is -0.910. The summed E-state index contributed by atoms with van der Waals surface area (Å²) in [4.78, 5) is 5.36. The molecular formula is C10H13ClN4S. The number of hydrogen-bond donors (Lipinski definition) is 1. The molecule has 0 amide bonds. The van der Waals surface area contributed by atoms with E-state index in [1.165, 1.54) is 0 Å². The van der Waals surface area contributed by atoms with Crippen LogP contribution in [0.15, 0.2) is 17.8 Å². The van der Waals surface area contributed by atoms with Crippen LogP contribution >= 0.6 is 22.9 Å². The number of rotatable bonds is 4. The van der Waals surface area contributed by atoms with E-state index in [-0.39, 0.29) is 6.04 Å². The Morgan fingerprint density at radius 2 is 2.44 bits per heavy atom. The minimum absolute atomic E-state index is 0.190. The first-order chi connectivity index (χ1) is 7.72. The molecule has 1 unspecified atom stereocenters. The lowest BCUT2D eigenvalue weighted by Crippen LogP contribution is -2.20. The van der Waals surface area contributed by atoms with E-state index in [1.54, 1.807) is 22.3 Å². The van der Waals surface area contributed by atoms with Gasteiger partial charge >= 0.3 is 0 Å². The monoisotopic (exact) mass is 256 g/mol. The van der Waals surface area contributed by atoms with Crippen LogP contribution in [-0.2, 0) is 13.5 Å². The molecule has 0 bridgehead atoms. The van der Waals surface area contributed by atoms with Gasteiger partial charge in [-0.2, -0.15) is 5.10 Å². The van der Waals surface area contributed by atoms with E-state index in [2.05, 4.69) is 15.4 Å². The van der Waals surface area contributed by atoms with Gasteiger partial charge in [0.15, 0.2) is 0 Å². The number of hydrogen-bond acceptors (Lipinski definition) is 4. The van der Waals surface area contributed by atoms with Crippen molar-refractivity contribution >= 4 is 22.9 Å². The molecule has 2 aromatic rings. The molecule has 2 rings (SSSR count). The van der Waals surface area contributed by atoms with Crippen LogP contribution in [0, 0.1) is 0 Å². The lowest BCUT2D eigenvalue weighted by Gasteiger charge is -2.14. The topological polar surface area (TPSA) is 42.7 Å². The number of nitrogens with one attached hydrogen (secondary N) is 1. The fourth-order valence-corrected chi connectivity index (χ4v) is 2.87. The fourth-order valence-electron chi connectivity index (χ4n) is 1.57. The van der Waals surface area contributed by atoms with Gasteiger partial charge in [0.2, 0.25) is 0 Å². The molecule has 86 valence electrons. The van der Waals surface area contributed by atoms with Crippen molar-refractivity contribution in [2.24, 2.45) is 7.05 Å². The standard InChI is InChI=1S/C10H13ClN4S/c1-12-8(10-7(11)3-4-16-10)5-9-13-6-14-15(9)2/h3-4,6,8,12H,5H2,1-2H3. The van der Waals surface area contributed by atoms with Crippen LogP contribution in [0.5, 0.6) is 0 Å². The third-order valence-corrected chi connectivity index (χ3v) is 3.97. The molecule has 2 aromatic heterocycles. The van der Waals surface area contributed by atoms with E-state index < -0.39 is 0 Å². The van der Waals surface area contributed by atoms with Crippen molar-refractivity contribution in [3.05, 3.63) is 33.5 Å². The molecule has 16 heavy (non-hydrogen) atoms. The first-order valence-electron chi connectivity index (χ1n) is 4.95. The van der Waals surface area contributed by atoms with Crippen LogP contribution in [0.2, 0.25) is 5.02 Å². The maximum Gasteiger partial charge on any atom is 0.138 e. The summed E-state index contributed by atoms with van der Waals surface area (Å²) < 4.78 is 1.78. The zero-order valence-corrected chi connectivity index (χ0v) is 10.7. The minimum atomic E-state index is 0.190. The third kappa shape index (κ3) is 2.26. The van der Waals surface area contributed by atoms with Gasteiger partial charge in [-0.3, -0.25) is 4.68 Å². The van der Waals surface area contributed by atoms with Crippen LogP contribution < -0.4 is 5.32 Å². The maximum atomic E-state index is 6.12. The highest BCUT2D eigenvalue weighted by Crippen LogP contribution is 2.30. The van der Waals surface area contributed by atoms with Crippen LogP contribution in [0.1, 0.15) is 16.7 Å². The summed E-state index contributed by atoms with van der Waals surface area (Å²) in [5, 5.41) is 10.1. The molecule has 2 heterocycles. The Bertz CT molecular complexity index is 465. The zero-order valence-electron chi connectivity index (χ0n) is 9.14. The van der Waals surface area contributed by atoms with E-state index in [0.29, 0.717) is 0 Å². The van der Waals surface area contributed by atoms with Gasteiger partial charge in [-0.15, -0.1) is 11.3 Å². The molecule has 1 atom stereocenters. The minimum Gasteiger partial charge on any atom is -0.312 e. The molecule has 1 N–H and O–H groups in total. The summed E-state index contributed by atoms with van der Waals surface area (Å²) in [5.41, 5.74) is 0. The summed E-state index contributed by atoms with van der Waals surface area (Å²) >= 11 is 7.78. The van der Waals surface area contributed by atoms with E-state index in [9.17, 15) is 0 Å². The largest absolute Gasteiger partial charge is 0.312 e. The van der Waals surface area contributed by atoms with E-state index >= 15 is 0 Å². The molecule has 0 radical (unpaired) electrons. The summed E-state index contributed by atoms with van der Waals surface area (Å²) in [6, 6.07) is 2.11. The predicted molar refractivity (Wildman–Crippen MR) is 65.8 cm³/mol. The van der Waals surface area contributed by atoms with Crippen LogP contribution in [0.3, 0.4) is 0 Å². The van der Waals surface area contributed by atoms with Crippen molar-refractivity contribution in [3.63, 3.8) is 0 Å². The van der Waals surface area contributed by atoms with Gasteiger partial charge in [-0.1, -0.05) is 11.6 Å². The molecule has 0 aliphatic rings. The molecule has 0 aliphatic heterocycles. The second-order valence-corrected chi connectivity index (χ2v) is 4.83. The Morgan fingerprint density at radius 1 is 1.62 bits per heavy atom. The molecule has 0 fully saturated rings. The van der Waals surface area contributed by atoms with Crippen LogP contribution in [0.4, 0.5) is 0 Å². The van der Waals surface area contributed by atoms with Gasteiger partial charge in [0.1, 0.15) is 12.2 Å². The number of aryl methyl sites for hydroxylation is 1. The van der Waals surface area contributed by atoms with E-state index in [4.69, 9.17) is 11.6 Å². The van der Waals surface area contributed by atoms with Gasteiger partial charge in [0, 0.05) is 24.4 Å². The normalized spacial score (nSPS) is 12.9. The summed E-state index contributed by atoms with van der Waals surface area (Å²) in [6.07, 6.45) is 2.35. The lowest BCUT2D eigenvalue weighted by atomic mass is 10.1. The average molecular weight is 257 g/mol. The molecule has 6 heteroatoms. The maximum absolute atomic E-state index is 6.12. The number of halogens is 1. The molecule has 0 spiro atoms. The highest BCUT2D eigenvalue weighted by atomic mass is 35.5. The molecule has 4 nitrogen and oxygen atoms in total. The SMILES string of the molecule is CNC(Cc1ncnn1C)c1sccc1Cl. The van der Waals surface area contributed by atoms with Crippen LogP contribution in [-0.4, -0.2) is 21.8 Å². The quantitative estimate of drug-likeness (QED) is 0.910. The van der Waals surface area contributed by atoms with Crippen molar-refractivity contribution in [2.75, 3.05) is 7.05 Å². The summed E-state index contributed by atoms with van der Waals surface area (Å²) in [5.74, 6) is 0.948. The molecular weight excluding hydrogens is 244 g/mol. The first kappa shape index (κ1) is 11.6. The van der Waals surface area contributed by atoms with E-state index in [0.717, 1.165) is 22.1 Å². The highest BCUT2D eigenvalue weighted by molar-refractivity contribution is 7.10. The molecule has 0 aliphatic carbocycles. The molecule has 0 saturated carbocycles. The van der Waals surface area contributed by atoms with Crippen molar-refractivity contribution in [2.45, 2.75) is 12.5 Å². The second-order valence-electron chi connectivity index (χ2n) is 3.48. The molecule has 0 saturated heterocycles. The Morgan fingerprint density at radius 3 is 2.94 bits per heavy atom. The summed E-state index contributed by atoms with van der Waals surface area (Å²) in [6.45, 7) is 0. The van der Waals surface area contributed by atoms with Crippen molar-refractivity contribution in [3.8, 4) is 0 Å². The lowest BCUT2D eigenvalue weighted by molar-refractivity contribution is 0.561. The van der Waals surface area contributed by atoms with Gasteiger partial charge in [-0.25, -0.2) is 4.98 Å². The molecule has 0 aromatic carbocycles. The Labute approximate surface area is 103 Å². The fraction of sp³-hybridized carbons (Fsp3) is 0.400. The van der Waals surface area contributed by atoms with Crippen molar-refractivity contribution < 1.29 is 0 Å². The number of thiophene rings is 1. The number of nitrogens with zero attached hydrogens (tertiary/aromatic N) is 3. The van der Waals surface area contributed by atoms with Crippen molar-refractivity contribution in [1.82, 2.24) is 20.1 Å². The van der Waals surface area contributed by atoms with Gasteiger partial charge in [0.05, 0.1) is 5.02 Å². The van der Waals surface area contributed by atoms with E-state index in [1.807, 2.05) is 25.5 Å². The average Bonchev–Trinajstić information content (AvgIpc) is 2.85. The summed E-state index contributed by atoms with van der Waals surface area (Å²) in [7, 11) is 3.82. The number of likely N-dealkylation sites (N-methyl/N-ethyl adjacent to an activating group) is 1. The Kier molecular flexibility index (Phi) is 3.58. The Balaban J connectivity index is 2.19. The smallest absolute Gasteiger partial charge is 0.138 e. The van der Waals surface area contributed by atoms with Gasteiger partial charge < -0.3 is 5.32 Å².